The van der Waals surface area contributed by atoms with Crippen molar-refractivity contribution in [3.05, 3.63) is 22.6 Å². The first-order valence-corrected chi connectivity index (χ1v) is 10.9. The van der Waals surface area contributed by atoms with Crippen LogP contribution in [0, 0.1) is 0 Å². The fourth-order valence-electron chi connectivity index (χ4n) is 2.39. The van der Waals surface area contributed by atoms with Gasteiger partial charge in [-0.15, -0.1) is 0 Å². The van der Waals surface area contributed by atoms with Gasteiger partial charge in [0.2, 0.25) is 0 Å². The maximum atomic E-state index is 12.5. The van der Waals surface area contributed by atoms with Crippen LogP contribution in [0.5, 0.6) is 0 Å². The summed E-state index contributed by atoms with van der Waals surface area (Å²) in [6.07, 6.45) is 1.74. The molecule has 0 atom stereocenters. The van der Waals surface area contributed by atoms with Crippen LogP contribution in [0.3, 0.4) is 0 Å². The second-order valence-corrected chi connectivity index (χ2v) is 8.73. The number of halogens is 1. The predicted molar refractivity (Wildman–Crippen MR) is 88.8 cm³/mol. The van der Waals surface area contributed by atoms with E-state index in [1.54, 1.807) is 12.3 Å². The number of carbonyl (C=O) groups is 2. The van der Waals surface area contributed by atoms with Gasteiger partial charge in [0.05, 0.1) is 0 Å². The molecule has 2 aromatic rings. The molecule has 0 saturated carbocycles. The first-order valence-electron chi connectivity index (χ1n) is 7.78. The van der Waals surface area contributed by atoms with E-state index in [9.17, 15) is 14.4 Å². The van der Waals surface area contributed by atoms with Gasteiger partial charge >= 0.3 is 163 Å². The number of thioether (sulfide) groups is 1. The zero-order chi connectivity index (χ0) is 18.7. The van der Waals surface area contributed by atoms with Gasteiger partial charge in [0.15, 0.2) is 0 Å². The summed E-state index contributed by atoms with van der Waals surface area (Å²) in [4.78, 5) is 40.0. The third kappa shape index (κ3) is 4.38. The fraction of sp³-hybridized carbons (Fsp3) is 0.467. The molecule has 2 aromatic heterocycles. The molecule has 4 heterocycles. The van der Waals surface area contributed by atoms with E-state index in [0.717, 1.165) is 11.8 Å². The van der Waals surface area contributed by atoms with Crippen LogP contribution in [0.2, 0.25) is 0 Å². The third-order valence-corrected chi connectivity index (χ3v) is 5.77. The van der Waals surface area contributed by atoms with Crippen molar-refractivity contribution in [1.82, 2.24) is 14.1 Å². The molecule has 0 unspecified atom stereocenters. The Bertz CT molecular complexity index is 893. The number of hydrogen-bond acceptors (Lipinski definition) is 8. The van der Waals surface area contributed by atoms with Gasteiger partial charge in [-0.3, -0.25) is 0 Å². The zero-order valence-corrected chi connectivity index (χ0v) is 17.1. The summed E-state index contributed by atoms with van der Waals surface area (Å²) >= 11 is -0.407. The topological polar surface area (TPSA) is 102 Å². The minimum absolute atomic E-state index is 0.0322. The van der Waals surface area contributed by atoms with Crippen LogP contribution in [-0.2, 0) is 27.5 Å². The molecule has 0 N–H and O–H groups in total. The molecular weight excluding hydrogens is 477 g/mol. The van der Waals surface area contributed by atoms with E-state index in [0.29, 0.717) is 29.3 Å². The van der Waals surface area contributed by atoms with Crippen LogP contribution >= 0.6 is 11.8 Å². The molecule has 0 aromatic carbocycles. The number of nitrogens with zero attached hydrogens (tertiary/aromatic N) is 3. The molecule has 0 spiro atoms. The molecule has 2 aliphatic heterocycles. The first-order chi connectivity index (χ1) is 12.5. The maximum absolute atomic E-state index is 12.5. The van der Waals surface area contributed by atoms with Gasteiger partial charge in [-0.25, -0.2) is 0 Å². The summed E-state index contributed by atoms with van der Waals surface area (Å²) in [5.41, 5.74) is 0.581. The SMILES string of the molecule is CC(C)OCCn1c2nc(=O)c3c1ccn3COC(=O)[I-]C(=O)OCS2. The van der Waals surface area contributed by atoms with Crippen LogP contribution < -0.4 is 26.8 Å². The quantitative estimate of drug-likeness (QED) is 0.304. The van der Waals surface area contributed by atoms with Gasteiger partial charge in [0.25, 0.3) is 0 Å². The second-order valence-electron chi connectivity index (χ2n) is 5.54. The van der Waals surface area contributed by atoms with Crippen molar-refractivity contribution in [2.45, 2.75) is 38.4 Å². The average molecular weight is 494 g/mol. The molecule has 11 heteroatoms. The van der Waals surface area contributed by atoms with Crippen molar-refractivity contribution in [3.63, 3.8) is 0 Å². The van der Waals surface area contributed by atoms with Gasteiger partial charge in [0, 0.05) is 0 Å². The van der Waals surface area contributed by atoms with Crippen molar-refractivity contribution in [3.8, 4) is 0 Å². The van der Waals surface area contributed by atoms with E-state index in [-0.39, 0.29) is 18.8 Å². The Balaban J connectivity index is 2.03. The number of aromatic nitrogens is 3. The molecule has 142 valence electrons. The standard InChI is InChI=1S/C15H17IN3O6S/c1-9(2)23-6-5-19-10-3-4-18-7-24-13(21)16-14(22)25-8-26-15(19)17-12(20)11(10)18/h3-4,9H,5-8H2,1-2H3/q-1. The van der Waals surface area contributed by atoms with Crippen LogP contribution in [0.15, 0.2) is 22.2 Å². The van der Waals surface area contributed by atoms with Gasteiger partial charge < -0.3 is 0 Å². The van der Waals surface area contributed by atoms with Gasteiger partial charge in [-0.05, 0) is 0 Å². The molecule has 4 bridgehead atoms. The molecule has 4 rings (SSSR count). The van der Waals surface area contributed by atoms with Crippen molar-refractivity contribution in [2.24, 2.45) is 0 Å². The molecule has 0 fully saturated rings. The predicted octanol–water partition coefficient (Wildman–Crippen LogP) is -0.994. The summed E-state index contributed by atoms with van der Waals surface area (Å²) in [5.74, 6) is -0.0322. The van der Waals surface area contributed by atoms with Gasteiger partial charge in [0.1, 0.15) is 0 Å². The fourth-order valence-corrected chi connectivity index (χ4v) is 4.34. The van der Waals surface area contributed by atoms with E-state index in [2.05, 4.69) is 4.98 Å². The van der Waals surface area contributed by atoms with Crippen molar-refractivity contribution >= 4 is 30.7 Å². The number of ether oxygens (including phenoxy) is 3. The summed E-state index contributed by atoms with van der Waals surface area (Å²) in [6.45, 7) is 4.65. The summed E-state index contributed by atoms with van der Waals surface area (Å²) in [7, 11) is 0. The first kappa shape index (κ1) is 19.2. The molecule has 9 nitrogen and oxygen atoms in total. The monoisotopic (exact) mass is 494 g/mol. The minimum atomic E-state index is -1.54. The number of hydrogen-bond donors (Lipinski definition) is 0. The Hall–Kier alpha value is -1.60. The molecule has 2 aliphatic rings. The molecule has 26 heavy (non-hydrogen) atoms. The van der Waals surface area contributed by atoms with E-state index in [1.165, 1.54) is 4.57 Å². The van der Waals surface area contributed by atoms with Crippen LogP contribution in [-0.4, -0.2) is 40.7 Å². The Kier molecular flexibility index (Phi) is 6.19. The van der Waals surface area contributed by atoms with E-state index < -0.39 is 34.7 Å². The Morgan fingerprint density at radius 3 is 2.85 bits per heavy atom. The molecule has 0 aliphatic carbocycles. The van der Waals surface area contributed by atoms with E-state index >= 15 is 0 Å². The van der Waals surface area contributed by atoms with Crippen molar-refractivity contribution in [2.75, 3.05) is 12.5 Å². The summed E-state index contributed by atoms with van der Waals surface area (Å²) < 4.78 is 18.0. The number of carbonyl (C=O) groups excluding carboxylic acids is 2. The van der Waals surface area contributed by atoms with Gasteiger partial charge in [-0.2, -0.15) is 0 Å². The van der Waals surface area contributed by atoms with Crippen LogP contribution in [0.25, 0.3) is 11.0 Å². The number of fused-ring (bicyclic) bond motifs is 8. The summed E-state index contributed by atoms with van der Waals surface area (Å²) in [5, 5.41) is 0.435. The Morgan fingerprint density at radius 1 is 1.31 bits per heavy atom. The van der Waals surface area contributed by atoms with Crippen molar-refractivity contribution in [1.29, 1.82) is 0 Å². The zero-order valence-electron chi connectivity index (χ0n) is 14.1. The van der Waals surface area contributed by atoms with E-state index in [4.69, 9.17) is 14.2 Å². The Morgan fingerprint density at radius 2 is 2.08 bits per heavy atom. The van der Waals surface area contributed by atoms with Crippen molar-refractivity contribution < 1.29 is 45.0 Å². The van der Waals surface area contributed by atoms with E-state index in [1.807, 2.05) is 18.4 Å². The molecule has 0 saturated heterocycles. The third-order valence-electron chi connectivity index (χ3n) is 3.46. The molecule has 0 radical (unpaired) electrons. The van der Waals surface area contributed by atoms with Gasteiger partial charge in [-0.1, -0.05) is 0 Å². The second kappa shape index (κ2) is 8.39. The van der Waals surface area contributed by atoms with Crippen LogP contribution in [0.4, 0.5) is 9.59 Å². The molecular formula is C15H17IN3O6S-. The Labute approximate surface area is 163 Å². The molecule has 0 amide bonds. The normalized spacial score (nSPS) is 16.0. The summed E-state index contributed by atoms with van der Waals surface area (Å²) in [6, 6.07) is 1.78. The average Bonchev–Trinajstić information content (AvgIpc) is 2.99. The number of rotatable bonds is 4. The van der Waals surface area contributed by atoms with Crippen LogP contribution in [0.1, 0.15) is 13.8 Å².